The highest BCUT2D eigenvalue weighted by molar-refractivity contribution is 5.81. The van der Waals surface area contributed by atoms with Crippen LogP contribution in [0.1, 0.15) is 12.5 Å². The minimum atomic E-state index is -0.656. The largest absolute Gasteiger partial charge is 0.505 e. The predicted molar refractivity (Wildman–Crippen MR) is 71.8 cm³/mol. The van der Waals surface area contributed by atoms with E-state index in [2.05, 4.69) is 5.32 Å². The van der Waals surface area contributed by atoms with E-state index in [9.17, 15) is 9.18 Å². The van der Waals surface area contributed by atoms with E-state index < -0.39 is 5.82 Å². The third-order valence-electron chi connectivity index (χ3n) is 3.32. The van der Waals surface area contributed by atoms with E-state index in [1.807, 2.05) is 0 Å². The van der Waals surface area contributed by atoms with E-state index in [4.69, 9.17) is 9.84 Å². The number of ether oxygens (including phenoxy) is 1. The first kappa shape index (κ1) is 14.7. The molecule has 0 aromatic heterocycles. The number of nitrogens with one attached hydrogen (secondary N) is 1. The number of phenols is 1. The van der Waals surface area contributed by atoms with Crippen LogP contribution in [0, 0.1) is 5.82 Å². The molecule has 110 valence electrons. The van der Waals surface area contributed by atoms with E-state index in [1.54, 1.807) is 17.9 Å². The lowest BCUT2D eigenvalue weighted by atomic mass is 10.2. The zero-order valence-electron chi connectivity index (χ0n) is 11.4. The number of carbonyl (C=O) groups is 1. The fourth-order valence-corrected chi connectivity index (χ4v) is 2.08. The van der Waals surface area contributed by atoms with Crippen molar-refractivity contribution in [1.29, 1.82) is 0 Å². The highest BCUT2D eigenvalue weighted by atomic mass is 19.1. The first-order valence-corrected chi connectivity index (χ1v) is 6.65. The second kappa shape index (κ2) is 6.67. The molecule has 6 heteroatoms. The summed E-state index contributed by atoms with van der Waals surface area (Å²) in [6, 6.07) is 3.84. The summed E-state index contributed by atoms with van der Waals surface area (Å²) in [5.74, 6) is -1.00. The summed E-state index contributed by atoms with van der Waals surface area (Å²) >= 11 is 0. The molecule has 2 N–H and O–H groups in total. The van der Waals surface area contributed by atoms with Crippen LogP contribution in [0.5, 0.6) is 5.75 Å². The Balaban J connectivity index is 1.85. The minimum absolute atomic E-state index is 0.0209. The highest BCUT2D eigenvalue weighted by Crippen LogP contribution is 2.16. The van der Waals surface area contributed by atoms with Crippen LogP contribution in [0.25, 0.3) is 0 Å². The number of rotatable bonds is 4. The molecule has 1 fully saturated rings. The highest BCUT2D eigenvalue weighted by Gasteiger charge is 2.21. The smallest absolute Gasteiger partial charge is 0.239 e. The molecule has 1 unspecified atom stereocenters. The summed E-state index contributed by atoms with van der Waals surface area (Å²) in [4.78, 5) is 13.9. The monoisotopic (exact) mass is 282 g/mol. The van der Waals surface area contributed by atoms with Gasteiger partial charge in [0.2, 0.25) is 5.91 Å². The molecular weight excluding hydrogens is 263 g/mol. The minimum Gasteiger partial charge on any atom is -0.505 e. The van der Waals surface area contributed by atoms with Gasteiger partial charge in [0.25, 0.3) is 0 Å². The molecule has 0 radical (unpaired) electrons. The van der Waals surface area contributed by atoms with Crippen LogP contribution in [-0.4, -0.2) is 48.3 Å². The van der Waals surface area contributed by atoms with E-state index in [0.717, 1.165) is 0 Å². The Hall–Kier alpha value is -1.66. The number of hydrogen-bond donors (Lipinski definition) is 2. The van der Waals surface area contributed by atoms with Gasteiger partial charge in [-0.05, 0) is 24.6 Å². The van der Waals surface area contributed by atoms with Crippen molar-refractivity contribution in [3.05, 3.63) is 29.6 Å². The quantitative estimate of drug-likeness (QED) is 0.860. The number of amides is 1. The van der Waals surface area contributed by atoms with Gasteiger partial charge in [-0.1, -0.05) is 6.07 Å². The van der Waals surface area contributed by atoms with Gasteiger partial charge in [-0.25, -0.2) is 4.39 Å². The molecule has 1 atom stereocenters. The lowest BCUT2D eigenvalue weighted by Gasteiger charge is -2.29. The topological polar surface area (TPSA) is 61.8 Å². The number of halogens is 1. The van der Waals surface area contributed by atoms with Crippen molar-refractivity contribution in [3.63, 3.8) is 0 Å². The van der Waals surface area contributed by atoms with Gasteiger partial charge in [0.05, 0.1) is 19.3 Å². The normalized spacial score (nSPS) is 17.0. The molecule has 1 heterocycles. The maximum atomic E-state index is 13.2. The molecular formula is C14H19FN2O3. The summed E-state index contributed by atoms with van der Waals surface area (Å²) in [5.41, 5.74) is 0.682. The zero-order valence-corrected chi connectivity index (χ0v) is 11.4. The molecule has 1 aromatic rings. The summed E-state index contributed by atoms with van der Waals surface area (Å²) < 4.78 is 18.4. The van der Waals surface area contributed by atoms with Crippen molar-refractivity contribution in [1.82, 2.24) is 10.2 Å². The van der Waals surface area contributed by atoms with E-state index in [0.29, 0.717) is 38.4 Å². The predicted octanol–water partition coefficient (Wildman–Crippen LogP) is 0.868. The van der Waals surface area contributed by atoms with Crippen LogP contribution in [0.15, 0.2) is 18.2 Å². The molecule has 2 rings (SSSR count). The number of morpholine rings is 1. The van der Waals surface area contributed by atoms with Crippen molar-refractivity contribution in [2.75, 3.05) is 26.3 Å². The van der Waals surface area contributed by atoms with Crippen LogP contribution in [-0.2, 0) is 16.1 Å². The van der Waals surface area contributed by atoms with Gasteiger partial charge in [0, 0.05) is 19.6 Å². The molecule has 0 spiro atoms. The SMILES string of the molecule is CC(NCc1ccc(O)c(F)c1)C(=O)N1CCOCC1. The van der Waals surface area contributed by atoms with Crippen molar-refractivity contribution >= 4 is 5.91 Å². The Kier molecular flexibility index (Phi) is 4.92. The van der Waals surface area contributed by atoms with Gasteiger partial charge in [0.15, 0.2) is 11.6 Å². The standard InChI is InChI=1S/C14H19FN2O3/c1-10(14(19)17-4-6-20-7-5-17)16-9-11-2-3-13(18)12(15)8-11/h2-3,8,10,16,18H,4-7,9H2,1H3. The maximum Gasteiger partial charge on any atom is 0.239 e. The summed E-state index contributed by atoms with van der Waals surface area (Å²) in [5, 5.41) is 12.2. The molecule has 1 aliphatic rings. The summed E-state index contributed by atoms with van der Waals surface area (Å²) in [6.45, 7) is 4.52. The Morgan fingerprint density at radius 2 is 2.20 bits per heavy atom. The number of hydrogen-bond acceptors (Lipinski definition) is 4. The summed E-state index contributed by atoms with van der Waals surface area (Å²) in [7, 11) is 0. The molecule has 0 bridgehead atoms. The number of nitrogens with zero attached hydrogens (tertiary/aromatic N) is 1. The Bertz CT molecular complexity index is 475. The molecule has 1 amide bonds. The van der Waals surface area contributed by atoms with Crippen molar-refractivity contribution in [2.24, 2.45) is 0 Å². The van der Waals surface area contributed by atoms with Gasteiger partial charge in [-0.2, -0.15) is 0 Å². The van der Waals surface area contributed by atoms with E-state index in [-0.39, 0.29) is 17.7 Å². The van der Waals surface area contributed by atoms with Crippen LogP contribution >= 0.6 is 0 Å². The molecule has 5 nitrogen and oxygen atoms in total. The summed E-state index contributed by atoms with van der Waals surface area (Å²) in [6.07, 6.45) is 0. The number of carbonyl (C=O) groups excluding carboxylic acids is 1. The molecule has 1 aliphatic heterocycles. The average molecular weight is 282 g/mol. The molecule has 0 saturated carbocycles. The third kappa shape index (κ3) is 3.68. The van der Waals surface area contributed by atoms with Crippen LogP contribution in [0.3, 0.4) is 0 Å². The number of benzene rings is 1. The first-order valence-electron chi connectivity index (χ1n) is 6.65. The Labute approximate surface area is 117 Å². The second-order valence-electron chi connectivity index (χ2n) is 4.83. The third-order valence-corrected chi connectivity index (χ3v) is 3.32. The maximum absolute atomic E-state index is 13.2. The lowest BCUT2D eigenvalue weighted by Crippen LogP contribution is -2.49. The van der Waals surface area contributed by atoms with Crippen LogP contribution < -0.4 is 5.32 Å². The van der Waals surface area contributed by atoms with Gasteiger partial charge in [-0.3, -0.25) is 4.79 Å². The van der Waals surface area contributed by atoms with Crippen molar-refractivity contribution in [3.8, 4) is 5.75 Å². The Morgan fingerprint density at radius 1 is 1.50 bits per heavy atom. The molecule has 0 aliphatic carbocycles. The zero-order chi connectivity index (χ0) is 14.5. The van der Waals surface area contributed by atoms with Gasteiger partial charge >= 0.3 is 0 Å². The van der Waals surface area contributed by atoms with Crippen molar-refractivity contribution in [2.45, 2.75) is 19.5 Å². The number of aromatic hydroxyl groups is 1. The van der Waals surface area contributed by atoms with Gasteiger partial charge < -0.3 is 20.1 Å². The van der Waals surface area contributed by atoms with Gasteiger partial charge in [0.1, 0.15) is 0 Å². The van der Waals surface area contributed by atoms with Crippen molar-refractivity contribution < 1.29 is 19.0 Å². The van der Waals surface area contributed by atoms with E-state index in [1.165, 1.54) is 12.1 Å². The second-order valence-corrected chi connectivity index (χ2v) is 4.83. The van der Waals surface area contributed by atoms with Gasteiger partial charge in [-0.15, -0.1) is 0 Å². The number of phenolic OH excluding ortho intramolecular Hbond substituents is 1. The first-order chi connectivity index (χ1) is 9.58. The van der Waals surface area contributed by atoms with Crippen LogP contribution in [0.4, 0.5) is 4.39 Å². The fraction of sp³-hybridized carbons (Fsp3) is 0.500. The average Bonchev–Trinajstić information content (AvgIpc) is 2.48. The molecule has 1 saturated heterocycles. The Morgan fingerprint density at radius 3 is 2.85 bits per heavy atom. The van der Waals surface area contributed by atoms with Crippen LogP contribution in [0.2, 0.25) is 0 Å². The fourth-order valence-electron chi connectivity index (χ4n) is 2.08. The van der Waals surface area contributed by atoms with E-state index >= 15 is 0 Å². The lowest BCUT2D eigenvalue weighted by molar-refractivity contribution is -0.137. The molecule has 1 aromatic carbocycles. The molecule has 20 heavy (non-hydrogen) atoms.